The average molecular weight is 260 g/mol. The lowest BCUT2D eigenvalue weighted by Gasteiger charge is -2.10. The molecule has 0 unspecified atom stereocenters. The second-order valence-corrected chi connectivity index (χ2v) is 4.31. The third-order valence-corrected chi connectivity index (χ3v) is 3.05. The van der Waals surface area contributed by atoms with E-state index in [4.69, 9.17) is 17.3 Å². The normalized spacial score (nSPS) is 11.9. The van der Waals surface area contributed by atoms with Gasteiger partial charge in [-0.2, -0.15) is 11.3 Å². The Bertz CT molecular complexity index is 414. The van der Waals surface area contributed by atoms with Crippen molar-refractivity contribution < 1.29 is 0 Å². The molecule has 0 radical (unpaired) electrons. The molecular formula is C11H11Cl2NS. The Kier molecular flexibility index (Phi) is 4.61. The van der Waals surface area contributed by atoms with E-state index in [1.807, 2.05) is 35.7 Å². The van der Waals surface area contributed by atoms with Crippen molar-refractivity contribution in [2.75, 3.05) is 0 Å². The molecule has 0 amide bonds. The first-order valence-corrected chi connectivity index (χ1v) is 5.62. The monoisotopic (exact) mass is 259 g/mol. The average Bonchev–Trinajstić information content (AvgIpc) is 2.69. The molecule has 4 heteroatoms. The molecule has 0 aliphatic heterocycles. The van der Waals surface area contributed by atoms with E-state index in [9.17, 15) is 0 Å². The predicted octanol–water partition coefficient (Wildman–Crippen LogP) is 3.87. The third-order valence-electron chi connectivity index (χ3n) is 2.11. The van der Waals surface area contributed by atoms with Crippen LogP contribution in [0.2, 0.25) is 5.02 Å². The fraction of sp³-hybridized carbons (Fsp3) is 0.0909. The maximum atomic E-state index is 6.08. The summed E-state index contributed by atoms with van der Waals surface area (Å²) in [5.41, 5.74) is 8.27. The molecule has 0 saturated carbocycles. The lowest BCUT2D eigenvalue weighted by molar-refractivity contribution is 0.877. The van der Waals surface area contributed by atoms with Gasteiger partial charge in [-0.1, -0.05) is 23.7 Å². The quantitative estimate of drug-likeness (QED) is 0.871. The van der Waals surface area contributed by atoms with Crippen LogP contribution in [-0.2, 0) is 0 Å². The van der Waals surface area contributed by atoms with Crippen molar-refractivity contribution in [2.24, 2.45) is 5.73 Å². The van der Waals surface area contributed by atoms with Crippen LogP contribution in [0.4, 0.5) is 0 Å². The molecule has 80 valence electrons. The summed E-state index contributed by atoms with van der Waals surface area (Å²) in [6.07, 6.45) is 0. The summed E-state index contributed by atoms with van der Waals surface area (Å²) in [6, 6.07) is 9.64. The van der Waals surface area contributed by atoms with Gasteiger partial charge in [0.15, 0.2) is 0 Å². The van der Waals surface area contributed by atoms with Gasteiger partial charge in [-0.15, -0.1) is 12.4 Å². The highest BCUT2D eigenvalue weighted by Gasteiger charge is 2.08. The number of hydrogen-bond acceptors (Lipinski definition) is 2. The van der Waals surface area contributed by atoms with Gasteiger partial charge in [0.05, 0.1) is 6.04 Å². The number of rotatable bonds is 2. The highest BCUT2D eigenvalue weighted by molar-refractivity contribution is 7.08. The number of hydrogen-bond donors (Lipinski definition) is 1. The first-order chi connectivity index (χ1) is 6.77. The molecule has 2 aromatic rings. The van der Waals surface area contributed by atoms with Crippen molar-refractivity contribution in [1.82, 2.24) is 0 Å². The van der Waals surface area contributed by atoms with E-state index in [-0.39, 0.29) is 18.4 Å². The largest absolute Gasteiger partial charge is 0.320 e. The Morgan fingerprint density at radius 1 is 1.20 bits per heavy atom. The molecule has 2 rings (SSSR count). The molecule has 0 aliphatic carbocycles. The Morgan fingerprint density at radius 2 is 2.00 bits per heavy atom. The predicted molar refractivity (Wildman–Crippen MR) is 69.0 cm³/mol. The van der Waals surface area contributed by atoms with E-state index in [0.29, 0.717) is 0 Å². The van der Waals surface area contributed by atoms with Crippen molar-refractivity contribution in [3.05, 3.63) is 57.2 Å². The zero-order valence-corrected chi connectivity index (χ0v) is 10.3. The Morgan fingerprint density at radius 3 is 2.60 bits per heavy atom. The van der Waals surface area contributed by atoms with Crippen LogP contribution in [0.25, 0.3) is 0 Å². The van der Waals surface area contributed by atoms with Crippen LogP contribution in [0.5, 0.6) is 0 Å². The van der Waals surface area contributed by atoms with Crippen LogP contribution in [0.1, 0.15) is 17.2 Å². The van der Waals surface area contributed by atoms with Crippen molar-refractivity contribution >= 4 is 35.3 Å². The van der Waals surface area contributed by atoms with Gasteiger partial charge in [0.25, 0.3) is 0 Å². The topological polar surface area (TPSA) is 26.0 Å². The summed E-state index contributed by atoms with van der Waals surface area (Å²) in [4.78, 5) is 0. The summed E-state index contributed by atoms with van der Waals surface area (Å²) in [5.74, 6) is 0. The van der Waals surface area contributed by atoms with Crippen LogP contribution in [0, 0.1) is 0 Å². The third kappa shape index (κ3) is 2.95. The molecule has 0 fully saturated rings. The molecule has 1 atom stereocenters. The SMILES string of the molecule is Cl.N[C@@H](c1ccsc1)c1cccc(Cl)c1. The number of benzene rings is 1. The van der Waals surface area contributed by atoms with E-state index >= 15 is 0 Å². The minimum atomic E-state index is -0.0695. The van der Waals surface area contributed by atoms with Crippen molar-refractivity contribution in [3.63, 3.8) is 0 Å². The molecule has 0 spiro atoms. The number of thiophene rings is 1. The summed E-state index contributed by atoms with van der Waals surface area (Å²) >= 11 is 7.55. The van der Waals surface area contributed by atoms with E-state index in [2.05, 4.69) is 5.38 Å². The molecule has 15 heavy (non-hydrogen) atoms. The second kappa shape index (κ2) is 5.52. The zero-order valence-electron chi connectivity index (χ0n) is 7.89. The van der Waals surface area contributed by atoms with Crippen LogP contribution in [0.15, 0.2) is 41.1 Å². The highest BCUT2D eigenvalue weighted by Crippen LogP contribution is 2.23. The first kappa shape index (κ1) is 12.5. The molecule has 1 heterocycles. The fourth-order valence-electron chi connectivity index (χ4n) is 1.34. The smallest absolute Gasteiger partial charge is 0.0560 e. The minimum Gasteiger partial charge on any atom is -0.320 e. The molecule has 0 aliphatic rings. The van der Waals surface area contributed by atoms with E-state index < -0.39 is 0 Å². The Labute approximate surface area is 104 Å². The summed E-state index contributed by atoms with van der Waals surface area (Å²) < 4.78 is 0. The lowest BCUT2D eigenvalue weighted by Crippen LogP contribution is -2.10. The lowest BCUT2D eigenvalue weighted by atomic mass is 10.0. The Hall–Kier alpha value is -0.540. The van der Waals surface area contributed by atoms with Crippen LogP contribution in [-0.4, -0.2) is 0 Å². The van der Waals surface area contributed by atoms with Gasteiger partial charge in [0, 0.05) is 5.02 Å². The Balaban J connectivity index is 0.00000112. The summed E-state index contributed by atoms with van der Waals surface area (Å²) in [7, 11) is 0. The summed E-state index contributed by atoms with van der Waals surface area (Å²) in [6.45, 7) is 0. The molecular weight excluding hydrogens is 249 g/mol. The maximum absolute atomic E-state index is 6.08. The van der Waals surface area contributed by atoms with Gasteiger partial charge in [-0.05, 0) is 40.1 Å². The molecule has 0 saturated heterocycles. The number of nitrogens with two attached hydrogens (primary N) is 1. The molecule has 1 aromatic carbocycles. The summed E-state index contributed by atoms with van der Waals surface area (Å²) in [5, 5.41) is 4.82. The van der Waals surface area contributed by atoms with E-state index in [1.54, 1.807) is 11.3 Å². The first-order valence-electron chi connectivity index (χ1n) is 4.30. The van der Waals surface area contributed by atoms with Crippen LogP contribution < -0.4 is 5.73 Å². The second-order valence-electron chi connectivity index (χ2n) is 3.09. The van der Waals surface area contributed by atoms with E-state index in [1.165, 1.54) is 0 Å². The van der Waals surface area contributed by atoms with Gasteiger partial charge >= 0.3 is 0 Å². The van der Waals surface area contributed by atoms with Crippen molar-refractivity contribution in [3.8, 4) is 0 Å². The fourth-order valence-corrected chi connectivity index (χ4v) is 2.24. The molecule has 2 N–H and O–H groups in total. The highest BCUT2D eigenvalue weighted by atomic mass is 35.5. The molecule has 1 aromatic heterocycles. The molecule has 1 nitrogen and oxygen atoms in total. The van der Waals surface area contributed by atoms with Crippen LogP contribution in [0.3, 0.4) is 0 Å². The van der Waals surface area contributed by atoms with Crippen LogP contribution >= 0.6 is 35.3 Å². The standard InChI is InChI=1S/C11H10ClNS.ClH/c12-10-3-1-2-8(6-10)11(13)9-4-5-14-7-9;/h1-7,11H,13H2;1H/t11-;/m1./s1. The maximum Gasteiger partial charge on any atom is 0.0560 e. The van der Waals surface area contributed by atoms with Gasteiger partial charge in [0.2, 0.25) is 0 Å². The zero-order chi connectivity index (χ0) is 9.97. The van der Waals surface area contributed by atoms with Gasteiger partial charge < -0.3 is 5.73 Å². The minimum absolute atomic E-state index is 0. The molecule has 0 bridgehead atoms. The van der Waals surface area contributed by atoms with Gasteiger partial charge in [0.1, 0.15) is 0 Å². The van der Waals surface area contributed by atoms with Crippen molar-refractivity contribution in [2.45, 2.75) is 6.04 Å². The van der Waals surface area contributed by atoms with E-state index in [0.717, 1.165) is 16.1 Å². The van der Waals surface area contributed by atoms with Gasteiger partial charge in [-0.25, -0.2) is 0 Å². The van der Waals surface area contributed by atoms with Crippen molar-refractivity contribution in [1.29, 1.82) is 0 Å². The number of halogens is 2. The van der Waals surface area contributed by atoms with Gasteiger partial charge in [-0.3, -0.25) is 0 Å².